The summed E-state index contributed by atoms with van der Waals surface area (Å²) in [7, 11) is 1.41. The maximum atomic E-state index is 12.0. The van der Waals surface area contributed by atoms with Gasteiger partial charge in [0.1, 0.15) is 11.4 Å². The van der Waals surface area contributed by atoms with Gasteiger partial charge in [-0.3, -0.25) is 14.9 Å². The minimum Gasteiger partial charge on any atom is -0.496 e. The number of nitro benzene ring substituents is 1. The first-order valence-corrected chi connectivity index (χ1v) is 7.41. The first kappa shape index (κ1) is 17.6. The number of carbonyl (C=O) groups excluding carboxylic acids is 1. The Morgan fingerprint density at radius 3 is 2.58 bits per heavy atom. The molecule has 0 atom stereocenters. The summed E-state index contributed by atoms with van der Waals surface area (Å²) in [4.78, 5) is 22.5. The smallest absolute Gasteiger partial charge is 0.296 e. The molecule has 0 aliphatic carbocycles. The normalized spacial score (nSPS) is 10.1. The number of nitrogens with one attached hydrogen (secondary N) is 2. The van der Waals surface area contributed by atoms with Crippen molar-refractivity contribution in [2.45, 2.75) is 6.92 Å². The van der Waals surface area contributed by atoms with Crippen molar-refractivity contribution in [3.05, 3.63) is 57.1 Å². The number of nitrogens with zero attached hydrogens (tertiary/aromatic N) is 1. The molecule has 0 spiro atoms. The summed E-state index contributed by atoms with van der Waals surface area (Å²) >= 11 is 6.08. The van der Waals surface area contributed by atoms with Crippen LogP contribution in [-0.2, 0) is 4.79 Å². The Balaban J connectivity index is 2.05. The van der Waals surface area contributed by atoms with Gasteiger partial charge in [0.15, 0.2) is 0 Å². The number of benzene rings is 2. The van der Waals surface area contributed by atoms with Crippen LogP contribution in [0, 0.1) is 17.0 Å². The van der Waals surface area contributed by atoms with Crippen molar-refractivity contribution >= 4 is 34.6 Å². The van der Waals surface area contributed by atoms with E-state index in [1.807, 2.05) is 13.0 Å². The van der Waals surface area contributed by atoms with E-state index in [0.29, 0.717) is 16.5 Å². The van der Waals surface area contributed by atoms with Crippen LogP contribution in [0.1, 0.15) is 5.56 Å². The van der Waals surface area contributed by atoms with Crippen molar-refractivity contribution in [2.75, 3.05) is 24.3 Å². The molecule has 0 radical (unpaired) electrons. The van der Waals surface area contributed by atoms with Gasteiger partial charge in [-0.25, -0.2) is 0 Å². The van der Waals surface area contributed by atoms with Gasteiger partial charge in [0, 0.05) is 0 Å². The Morgan fingerprint density at radius 1 is 1.25 bits per heavy atom. The van der Waals surface area contributed by atoms with Crippen LogP contribution in [0.2, 0.25) is 5.02 Å². The lowest BCUT2D eigenvalue weighted by Gasteiger charge is -2.10. The summed E-state index contributed by atoms with van der Waals surface area (Å²) < 4.78 is 4.95. The van der Waals surface area contributed by atoms with Gasteiger partial charge in [-0.2, -0.15) is 0 Å². The topological polar surface area (TPSA) is 93.5 Å². The maximum absolute atomic E-state index is 12.0. The second kappa shape index (κ2) is 7.65. The van der Waals surface area contributed by atoms with Crippen LogP contribution in [-0.4, -0.2) is 24.5 Å². The van der Waals surface area contributed by atoms with Gasteiger partial charge >= 0.3 is 0 Å². The zero-order chi connectivity index (χ0) is 17.7. The highest BCUT2D eigenvalue weighted by Gasteiger charge is 2.17. The largest absolute Gasteiger partial charge is 0.496 e. The highest BCUT2D eigenvalue weighted by molar-refractivity contribution is 6.33. The average Bonchev–Trinajstić information content (AvgIpc) is 2.54. The van der Waals surface area contributed by atoms with E-state index in [1.165, 1.54) is 25.3 Å². The molecule has 0 saturated heterocycles. The van der Waals surface area contributed by atoms with E-state index in [0.717, 1.165) is 5.56 Å². The molecule has 7 nitrogen and oxygen atoms in total. The van der Waals surface area contributed by atoms with Crippen molar-refractivity contribution in [1.29, 1.82) is 0 Å². The molecule has 2 aromatic carbocycles. The number of anilines is 2. The fraction of sp³-hybridized carbons (Fsp3) is 0.188. The van der Waals surface area contributed by atoms with Crippen molar-refractivity contribution in [3.8, 4) is 5.75 Å². The Labute approximate surface area is 143 Å². The molecule has 0 aliphatic heterocycles. The third kappa shape index (κ3) is 4.36. The molecule has 1 amide bonds. The summed E-state index contributed by atoms with van der Waals surface area (Å²) in [5, 5.41) is 17.0. The number of halogens is 1. The molecule has 0 bridgehead atoms. The number of ether oxygens (including phenoxy) is 1. The molecular weight excluding hydrogens is 334 g/mol. The summed E-state index contributed by atoms with van der Waals surface area (Å²) in [5.41, 5.74) is 1.48. The van der Waals surface area contributed by atoms with Crippen LogP contribution < -0.4 is 15.4 Å². The third-order valence-corrected chi connectivity index (χ3v) is 3.55. The molecule has 0 unspecified atom stereocenters. The maximum Gasteiger partial charge on any atom is 0.296 e. The molecule has 8 heteroatoms. The average molecular weight is 350 g/mol. The molecule has 0 fully saturated rings. The Bertz CT molecular complexity index is 780. The summed E-state index contributed by atoms with van der Waals surface area (Å²) in [6.45, 7) is 1.83. The van der Waals surface area contributed by atoms with Crippen LogP contribution in [0.3, 0.4) is 0 Å². The lowest BCUT2D eigenvalue weighted by Crippen LogP contribution is -2.22. The van der Waals surface area contributed by atoms with Gasteiger partial charge in [0.2, 0.25) is 5.91 Å². The lowest BCUT2D eigenvalue weighted by atomic mass is 10.2. The van der Waals surface area contributed by atoms with Crippen molar-refractivity contribution in [1.82, 2.24) is 0 Å². The predicted octanol–water partition coefficient (Wildman–Crippen LogP) is 3.62. The Morgan fingerprint density at radius 2 is 1.96 bits per heavy atom. The minimum atomic E-state index is -0.581. The first-order chi connectivity index (χ1) is 11.4. The number of hydrogen-bond donors (Lipinski definition) is 2. The van der Waals surface area contributed by atoms with Crippen molar-refractivity contribution in [3.63, 3.8) is 0 Å². The van der Waals surface area contributed by atoms with Gasteiger partial charge in [0.25, 0.3) is 5.69 Å². The fourth-order valence-electron chi connectivity index (χ4n) is 2.03. The van der Waals surface area contributed by atoms with Crippen LogP contribution in [0.25, 0.3) is 0 Å². The molecule has 0 saturated carbocycles. The molecule has 126 valence electrons. The second-order valence-electron chi connectivity index (χ2n) is 5.03. The quantitative estimate of drug-likeness (QED) is 0.613. The number of methoxy groups -OCH3 is 1. The molecule has 2 N–H and O–H groups in total. The van der Waals surface area contributed by atoms with E-state index >= 15 is 0 Å². The molecular formula is C16H16ClN3O4. The zero-order valence-electron chi connectivity index (χ0n) is 13.1. The molecule has 2 aromatic rings. The summed E-state index contributed by atoms with van der Waals surface area (Å²) in [5.74, 6) is -0.0934. The Kier molecular flexibility index (Phi) is 5.59. The number of rotatable bonds is 6. The highest BCUT2D eigenvalue weighted by Crippen LogP contribution is 2.29. The Hall–Kier alpha value is -2.80. The van der Waals surface area contributed by atoms with E-state index in [2.05, 4.69) is 10.6 Å². The number of nitro groups is 1. The number of hydrogen-bond acceptors (Lipinski definition) is 5. The highest BCUT2D eigenvalue weighted by atomic mass is 35.5. The number of aryl methyl sites for hydroxylation is 1. The van der Waals surface area contributed by atoms with E-state index in [-0.39, 0.29) is 17.9 Å². The zero-order valence-corrected chi connectivity index (χ0v) is 13.9. The number of amides is 1. The van der Waals surface area contributed by atoms with E-state index in [4.69, 9.17) is 16.3 Å². The standard InChI is InChI=1S/C16H16ClN3O4/c1-10-3-5-13(12(17)7-10)18-9-16(21)19-14-6-4-11(24-2)8-15(14)20(22)23/h3-8,18H,9H2,1-2H3,(H,19,21). The van der Waals surface area contributed by atoms with Crippen LogP contribution in [0.5, 0.6) is 5.75 Å². The number of carbonyl (C=O) groups is 1. The third-order valence-electron chi connectivity index (χ3n) is 3.24. The van der Waals surface area contributed by atoms with Crippen LogP contribution in [0.15, 0.2) is 36.4 Å². The second-order valence-corrected chi connectivity index (χ2v) is 5.43. The summed E-state index contributed by atoms with van der Waals surface area (Å²) in [6, 6.07) is 9.61. The molecule has 2 rings (SSSR count). The monoisotopic (exact) mass is 349 g/mol. The molecule has 24 heavy (non-hydrogen) atoms. The predicted molar refractivity (Wildman–Crippen MR) is 93.0 cm³/mol. The van der Waals surface area contributed by atoms with Crippen molar-refractivity contribution < 1.29 is 14.5 Å². The minimum absolute atomic E-state index is 0.0774. The lowest BCUT2D eigenvalue weighted by molar-refractivity contribution is -0.384. The van der Waals surface area contributed by atoms with E-state index in [9.17, 15) is 14.9 Å². The van der Waals surface area contributed by atoms with Gasteiger partial charge in [-0.1, -0.05) is 17.7 Å². The molecule has 0 aromatic heterocycles. The first-order valence-electron chi connectivity index (χ1n) is 7.03. The SMILES string of the molecule is COc1ccc(NC(=O)CNc2ccc(C)cc2Cl)c([N+](=O)[O-])c1. The van der Waals surface area contributed by atoms with Crippen LogP contribution >= 0.6 is 11.6 Å². The fourth-order valence-corrected chi connectivity index (χ4v) is 2.33. The van der Waals surface area contributed by atoms with Crippen molar-refractivity contribution in [2.24, 2.45) is 0 Å². The summed E-state index contributed by atoms with van der Waals surface area (Å²) in [6.07, 6.45) is 0. The van der Waals surface area contributed by atoms with Gasteiger partial charge in [-0.15, -0.1) is 0 Å². The molecule has 0 heterocycles. The van der Waals surface area contributed by atoms with E-state index in [1.54, 1.807) is 12.1 Å². The van der Waals surface area contributed by atoms with E-state index < -0.39 is 10.8 Å². The van der Waals surface area contributed by atoms with Gasteiger partial charge in [-0.05, 0) is 36.8 Å². The van der Waals surface area contributed by atoms with Gasteiger partial charge < -0.3 is 15.4 Å². The van der Waals surface area contributed by atoms with Gasteiger partial charge in [0.05, 0.1) is 35.4 Å². The van der Waals surface area contributed by atoms with Crippen LogP contribution in [0.4, 0.5) is 17.1 Å². The molecule has 0 aliphatic rings.